The molecule has 0 saturated carbocycles. The first-order chi connectivity index (χ1) is 25.3. The Balaban J connectivity index is 3.73. The van der Waals surface area contributed by atoms with Crippen LogP contribution in [-0.2, 0) is 27.9 Å². The molecule has 1 amide bonds. The molecule has 0 saturated heterocycles. The molecule has 0 spiro atoms. The molecule has 0 rings (SSSR count). The van der Waals surface area contributed by atoms with Crippen molar-refractivity contribution in [2.24, 2.45) is 0 Å². The minimum Gasteiger partial charge on any atom is -0.463 e. The smallest absolute Gasteiger partial charge is 0.463 e. The summed E-state index contributed by atoms with van der Waals surface area (Å²) in [6, 6.07) is 0. The predicted molar refractivity (Wildman–Crippen MR) is 215 cm³/mol. The largest absolute Gasteiger partial charge is 0.472 e. The quantitative estimate of drug-likeness (QED) is 0.0250. The van der Waals surface area contributed by atoms with Crippen LogP contribution in [0.3, 0.4) is 0 Å². The standard InChI is InChI=1S/C42H72NO8P/c1-3-5-7-9-11-13-15-17-19-20-21-23-25-27-29-31-33-35-42(46)49-38-40(44)39-51-52(47,48)50-37-36-43-41(45)34-32-30-28-26-24-22-18-16-14-12-10-8-6-4-2/h5,7,11,13,16-19,21,23,27,29,40,44H,3-4,6,8-10,12,14-15,20,22,24-26,28,30-39H2,1-2H3,(H,43,45)(H,47,48)/b7-5-,13-11-,18-16-,19-17-,23-21-,29-27-. The van der Waals surface area contributed by atoms with Gasteiger partial charge < -0.3 is 20.1 Å². The van der Waals surface area contributed by atoms with E-state index < -0.39 is 26.5 Å². The number of aliphatic hydroxyl groups excluding tert-OH is 1. The van der Waals surface area contributed by atoms with Gasteiger partial charge in [0.05, 0.1) is 13.2 Å². The third-order valence-electron chi connectivity index (χ3n) is 7.87. The summed E-state index contributed by atoms with van der Waals surface area (Å²) >= 11 is 0. The highest BCUT2D eigenvalue weighted by molar-refractivity contribution is 7.47. The summed E-state index contributed by atoms with van der Waals surface area (Å²) in [5.74, 6) is -0.591. The highest BCUT2D eigenvalue weighted by Gasteiger charge is 2.23. The van der Waals surface area contributed by atoms with Crippen LogP contribution in [-0.4, -0.2) is 54.3 Å². The maximum atomic E-state index is 12.1. The number of unbranched alkanes of at least 4 members (excludes halogenated alkanes) is 11. The Morgan fingerprint density at radius 1 is 0.615 bits per heavy atom. The first-order valence-electron chi connectivity index (χ1n) is 19.9. The summed E-state index contributed by atoms with van der Waals surface area (Å²) in [6.07, 6.45) is 45.5. The molecule has 10 heteroatoms. The van der Waals surface area contributed by atoms with E-state index in [1.54, 1.807) is 0 Å². The lowest BCUT2D eigenvalue weighted by Gasteiger charge is -2.15. The molecule has 0 aromatic heterocycles. The molecular formula is C42H72NO8P. The Labute approximate surface area is 316 Å². The lowest BCUT2D eigenvalue weighted by atomic mass is 10.1. The monoisotopic (exact) mass is 749 g/mol. The molecule has 0 aliphatic carbocycles. The highest BCUT2D eigenvalue weighted by atomic mass is 31.2. The normalized spacial score (nSPS) is 14.2. The number of esters is 1. The van der Waals surface area contributed by atoms with Crippen molar-refractivity contribution in [3.8, 4) is 0 Å². The molecule has 2 atom stereocenters. The number of nitrogens with one attached hydrogen (secondary N) is 1. The Hall–Kier alpha value is -2.55. The molecule has 0 fully saturated rings. The van der Waals surface area contributed by atoms with E-state index in [0.717, 1.165) is 70.6 Å². The third-order valence-corrected chi connectivity index (χ3v) is 8.85. The summed E-state index contributed by atoms with van der Waals surface area (Å²) in [5, 5.41) is 12.6. The first-order valence-corrected chi connectivity index (χ1v) is 21.4. The minimum absolute atomic E-state index is 0.0669. The molecule has 0 bridgehead atoms. The maximum absolute atomic E-state index is 12.1. The van der Waals surface area contributed by atoms with Crippen molar-refractivity contribution in [2.75, 3.05) is 26.4 Å². The van der Waals surface area contributed by atoms with Crippen molar-refractivity contribution >= 4 is 19.7 Å². The van der Waals surface area contributed by atoms with Crippen molar-refractivity contribution in [3.63, 3.8) is 0 Å². The van der Waals surface area contributed by atoms with Gasteiger partial charge in [-0.15, -0.1) is 0 Å². The van der Waals surface area contributed by atoms with Crippen molar-refractivity contribution in [3.05, 3.63) is 72.9 Å². The zero-order valence-corrected chi connectivity index (χ0v) is 33.4. The lowest BCUT2D eigenvalue weighted by molar-refractivity contribution is -0.147. The summed E-state index contributed by atoms with van der Waals surface area (Å²) in [6.45, 7) is 3.33. The van der Waals surface area contributed by atoms with Gasteiger partial charge in [0.2, 0.25) is 5.91 Å². The van der Waals surface area contributed by atoms with E-state index >= 15 is 0 Å². The lowest BCUT2D eigenvalue weighted by Crippen LogP contribution is -2.27. The van der Waals surface area contributed by atoms with Crippen LogP contribution in [0.15, 0.2) is 72.9 Å². The minimum atomic E-state index is -4.43. The molecule has 298 valence electrons. The number of rotatable bonds is 36. The molecule has 2 unspecified atom stereocenters. The van der Waals surface area contributed by atoms with E-state index in [1.165, 1.54) is 44.9 Å². The first kappa shape index (κ1) is 49.5. The van der Waals surface area contributed by atoms with Gasteiger partial charge >= 0.3 is 13.8 Å². The van der Waals surface area contributed by atoms with Gasteiger partial charge in [-0.05, 0) is 77.0 Å². The molecule has 0 radical (unpaired) electrons. The van der Waals surface area contributed by atoms with Crippen LogP contribution in [0.4, 0.5) is 0 Å². The molecule has 0 aromatic carbocycles. The van der Waals surface area contributed by atoms with Gasteiger partial charge in [-0.1, -0.05) is 132 Å². The van der Waals surface area contributed by atoms with Crippen LogP contribution < -0.4 is 5.32 Å². The van der Waals surface area contributed by atoms with Gasteiger partial charge in [-0.3, -0.25) is 18.6 Å². The maximum Gasteiger partial charge on any atom is 0.472 e. The molecule has 0 aliphatic heterocycles. The van der Waals surface area contributed by atoms with Crippen molar-refractivity contribution in [2.45, 2.75) is 155 Å². The van der Waals surface area contributed by atoms with Crippen LogP contribution in [0.25, 0.3) is 0 Å². The van der Waals surface area contributed by atoms with Crippen LogP contribution >= 0.6 is 7.82 Å². The number of phosphoric ester groups is 1. The summed E-state index contributed by atoms with van der Waals surface area (Å²) < 4.78 is 26.7. The molecule has 0 aromatic rings. The van der Waals surface area contributed by atoms with Crippen LogP contribution in [0, 0.1) is 0 Å². The van der Waals surface area contributed by atoms with Gasteiger partial charge in [0.25, 0.3) is 0 Å². The second-order valence-electron chi connectivity index (χ2n) is 12.9. The third kappa shape index (κ3) is 38.7. The zero-order valence-electron chi connectivity index (χ0n) is 32.5. The van der Waals surface area contributed by atoms with E-state index in [-0.39, 0.29) is 32.1 Å². The van der Waals surface area contributed by atoms with E-state index in [1.807, 2.05) is 6.08 Å². The van der Waals surface area contributed by atoms with Crippen molar-refractivity contribution in [1.82, 2.24) is 5.32 Å². The Morgan fingerprint density at radius 2 is 1.12 bits per heavy atom. The number of aliphatic hydroxyl groups is 1. The molecule has 3 N–H and O–H groups in total. The highest BCUT2D eigenvalue weighted by Crippen LogP contribution is 2.42. The second kappa shape index (κ2) is 38.2. The molecule has 0 heterocycles. The van der Waals surface area contributed by atoms with E-state index in [4.69, 9.17) is 13.8 Å². The summed E-state index contributed by atoms with van der Waals surface area (Å²) in [4.78, 5) is 33.8. The van der Waals surface area contributed by atoms with E-state index in [2.05, 4.69) is 86.0 Å². The average molecular weight is 750 g/mol. The predicted octanol–water partition coefficient (Wildman–Crippen LogP) is 10.7. The fourth-order valence-corrected chi connectivity index (χ4v) is 5.64. The Morgan fingerprint density at radius 3 is 1.71 bits per heavy atom. The number of hydrogen-bond donors (Lipinski definition) is 3. The van der Waals surface area contributed by atoms with Gasteiger partial charge in [0.15, 0.2) is 0 Å². The van der Waals surface area contributed by atoms with Crippen LogP contribution in [0.2, 0.25) is 0 Å². The fourth-order valence-electron chi connectivity index (χ4n) is 4.88. The number of ether oxygens (including phenoxy) is 1. The van der Waals surface area contributed by atoms with Gasteiger partial charge in [-0.25, -0.2) is 4.57 Å². The Kier molecular flexibility index (Phi) is 36.3. The number of allylic oxidation sites excluding steroid dienone is 12. The number of amides is 1. The molecular weight excluding hydrogens is 677 g/mol. The van der Waals surface area contributed by atoms with Gasteiger partial charge in [0.1, 0.15) is 12.7 Å². The van der Waals surface area contributed by atoms with Crippen molar-refractivity contribution in [1.29, 1.82) is 0 Å². The van der Waals surface area contributed by atoms with Gasteiger partial charge in [-0.2, -0.15) is 0 Å². The fraction of sp³-hybridized carbons (Fsp3) is 0.667. The topological polar surface area (TPSA) is 131 Å². The molecule has 52 heavy (non-hydrogen) atoms. The second-order valence-corrected chi connectivity index (χ2v) is 14.3. The summed E-state index contributed by atoms with van der Waals surface area (Å²) in [5.41, 5.74) is 0. The SMILES string of the molecule is CC/C=C\C/C=C\C/C=C\C/C=C\C/C=C\CCCC(=O)OCC(O)COP(=O)(O)OCCNC(=O)CCCCCCC/C=C\CCCCCCC. The van der Waals surface area contributed by atoms with Crippen molar-refractivity contribution < 1.29 is 37.9 Å². The Bertz CT molecular complexity index is 1080. The van der Waals surface area contributed by atoms with E-state index in [9.17, 15) is 24.2 Å². The van der Waals surface area contributed by atoms with E-state index in [0.29, 0.717) is 12.8 Å². The number of carbonyl (C=O) groups is 2. The van der Waals surface area contributed by atoms with Crippen LogP contribution in [0.5, 0.6) is 0 Å². The molecule has 0 aliphatic rings. The number of hydrogen-bond acceptors (Lipinski definition) is 7. The zero-order chi connectivity index (χ0) is 38.2. The van der Waals surface area contributed by atoms with Crippen LogP contribution in [0.1, 0.15) is 149 Å². The average Bonchev–Trinajstić information content (AvgIpc) is 3.13. The number of carbonyl (C=O) groups excluding carboxylic acids is 2. The van der Waals surface area contributed by atoms with Gasteiger partial charge in [0, 0.05) is 19.4 Å². The summed E-state index contributed by atoms with van der Waals surface area (Å²) in [7, 11) is -4.43. The number of phosphoric acid groups is 1. The molecule has 9 nitrogen and oxygen atoms in total.